The molecule has 0 spiro atoms. The zero-order valence-electron chi connectivity index (χ0n) is 11.0. The number of carbonyl (C=O) groups is 1. The van der Waals surface area contributed by atoms with Crippen LogP contribution in [0.25, 0.3) is 0 Å². The molecule has 102 valence electrons. The van der Waals surface area contributed by atoms with Crippen LogP contribution in [0.3, 0.4) is 0 Å². The van der Waals surface area contributed by atoms with Crippen molar-refractivity contribution >= 4 is 5.91 Å². The van der Waals surface area contributed by atoms with Crippen molar-refractivity contribution in [1.29, 1.82) is 0 Å². The molecule has 1 atom stereocenters. The van der Waals surface area contributed by atoms with Crippen LogP contribution < -0.4 is 10.6 Å². The molecule has 0 aromatic carbocycles. The van der Waals surface area contributed by atoms with Gasteiger partial charge in [-0.05, 0) is 25.7 Å². The van der Waals surface area contributed by atoms with Crippen molar-refractivity contribution in [3.63, 3.8) is 0 Å². The summed E-state index contributed by atoms with van der Waals surface area (Å²) in [5.74, 6) is 0.0900. The Hall–Kier alpha value is -1.62. The van der Waals surface area contributed by atoms with Crippen molar-refractivity contribution in [2.45, 2.75) is 44.7 Å². The molecule has 5 nitrogen and oxygen atoms in total. The quantitative estimate of drug-likeness (QED) is 0.708. The molecule has 3 N–H and O–H groups in total. The first-order valence-electron chi connectivity index (χ1n) is 7.03. The highest BCUT2D eigenvalue weighted by molar-refractivity contribution is 5.82. The standard InChI is InChI=1S/C14H20N4O/c19-14(15-6-5-10-3-1-2-4-10)12-7-11-13(8-16-12)18-9-17-11/h3,9,12,16H,1-2,4-8H2,(H,15,19)(H,17,18). The van der Waals surface area contributed by atoms with Gasteiger partial charge in [0, 0.05) is 19.5 Å². The number of H-pyrrole nitrogens is 1. The van der Waals surface area contributed by atoms with Crippen LogP contribution in [0.1, 0.15) is 37.1 Å². The molecule has 1 aliphatic carbocycles. The molecule has 1 amide bonds. The van der Waals surface area contributed by atoms with Gasteiger partial charge in [0.25, 0.3) is 0 Å². The molecule has 0 fully saturated rings. The highest BCUT2D eigenvalue weighted by Gasteiger charge is 2.25. The number of amides is 1. The first kappa shape index (κ1) is 12.4. The fourth-order valence-electron chi connectivity index (χ4n) is 2.79. The number of carbonyl (C=O) groups excluding carboxylic acids is 1. The summed E-state index contributed by atoms with van der Waals surface area (Å²) in [5.41, 5.74) is 3.60. The smallest absolute Gasteiger partial charge is 0.237 e. The van der Waals surface area contributed by atoms with Gasteiger partial charge in [0.05, 0.1) is 23.8 Å². The van der Waals surface area contributed by atoms with Crippen LogP contribution in [0.2, 0.25) is 0 Å². The average Bonchev–Trinajstić information content (AvgIpc) is 3.08. The number of fused-ring (bicyclic) bond motifs is 1. The third-order valence-corrected chi connectivity index (χ3v) is 3.93. The van der Waals surface area contributed by atoms with E-state index < -0.39 is 0 Å². The maximum Gasteiger partial charge on any atom is 0.237 e. The predicted molar refractivity (Wildman–Crippen MR) is 72.5 cm³/mol. The Balaban J connectivity index is 1.46. The van der Waals surface area contributed by atoms with Gasteiger partial charge >= 0.3 is 0 Å². The van der Waals surface area contributed by atoms with Gasteiger partial charge in [0.1, 0.15) is 0 Å². The number of nitrogens with one attached hydrogen (secondary N) is 3. The first-order valence-corrected chi connectivity index (χ1v) is 7.03. The number of allylic oxidation sites excluding steroid dienone is 1. The molecule has 2 heterocycles. The predicted octanol–water partition coefficient (Wildman–Crippen LogP) is 1.04. The van der Waals surface area contributed by atoms with Crippen molar-refractivity contribution < 1.29 is 4.79 Å². The van der Waals surface area contributed by atoms with Crippen LogP contribution in [0.5, 0.6) is 0 Å². The van der Waals surface area contributed by atoms with Crippen molar-refractivity contribution in [2.75, 3.05) is 6.54 Å². The van der Waals surface area contributed by atoms with Crippen LogP contribution in [0, 0.1) is 0 Å². The molecule has 2 aliphatic rings. The molecule has 0 radical (unpaired) electrons. The van der Waals surface area contributed by atoms with Crippen LogP contribution in [-0.4, -0.2) is 28.5 Å². The minimum absolute atomic E-state index is 0.0900. The van der Waals surface area contributed by atoms with Gasteiger partial charge in [0.15, 0.2) is 0 Å². The summed E-state index contributed by atoms with van der Waals surface area (Å²) in [7, 11) is 0. The van der Waals surface area contributed by atoms with E-state index in [0.717, 1.165) is 24.4 Å². The lowest BCUT2D eigenvalue weighted by atomic mass is 10.0. The van der Waals surface area contributed by atoms with E-state index in [0.29, 0.717) is 13.0 Å². The minimum Gasteiger partial charge on any atom is -0.354 e. The highest BCUT2D eigenvalue weighted by atomic mass is 16.2. The lowest BCUT2D eigenvalue weighted by Crippen LogP contribution is -2.47. The number of aromatic amines is 1. The Morgan fingerprint density at radius 3 is 3.32 bits per heavy atom. The summed E-state index contributed by atoms with van der Waals surface area (Å²) >= 11 is 0. The van der Waals surface area contributed by atoms with Crippen molar-refractivity contribution in [2.24, 2.45) is 0 Å². The molecule has 0 saturated heterocycles. The van der Waals surface area contributed by atoms with Crippen LogP contribution >= 0.6 is 0 Å². The maximum absolute atomic E-state index is 12.1. The highest BCUT2D eigenvalue weighted by Crippen LogP contribution is 2.19. The van der Waals surface area contributed by atoms with E-state index in [2.05, 4.69) is 26.7 Å². The molecule has 3 rings (SSSR count). The molecule has 19 heavy (non-hydrogen) atoms. The Bertz CT molecular complexity index is 491. The summed E-state index contributed by atoms with van der Waals surface area (Å²) in [6.45, 7) is 1.44. The Kier molecular flexibility index (Phi) is 3.64. The first-order chi connectivity index (χ1) is 9.33. The monoisotopic (exact) mass is 260 g/mol. The maximum atomic E-state index is 12.1. The normalized spacial score (nSPS) is 21.9. The fraction of sp³-hybridized carbons (Fsp3) is 0.571. The number of hydrogen-bond donors (Lipinski definition) is 3. The largest absolute Gasteiger partial charge is 0.354 e. The zero-order valence-corrected chi connectivity index (χ0v) is 11.0. The van der Waals surface area contributed by atoms with E-state index in [1.54, 1.807) is 6.33 Å². The van der Waals surface area contributed by atoms with Gasteiger partial charge in [-0.25, -0.2) is 4.98 Å². The summed E-state index contributed by atoms with van der Waals surface area (Å²) < 4.78 is 0. The number of rotatable bonds is 4. The molecule has 0 saturated carbocycles. The average molecular weight is 260 g/mol. The van der Waals surface area contributed by atoms with Gasteiger partial charge in [-0.3, -0.25) is 10.1 Å². The second kappa shape index (κ2) is 5.57. The second-order valence-corrected chi connectivity index (χ2v) is 5.26. The van der Waals surface area contributed by atoms with Gasteiger partial charge in [-0.1, -0.05) is 11.6 Å². The van der Waals surface area contributed by atoms with Crippen molar-refractivity contribution in [1.82, 2.24) is 20.6 Å². The third-order valence-electron chi connectivity index (χ3n) is 3.93. The summed E-state index contributed by atoms with van der Waals surface area (Å²) in [4.78, 5) is 19.4. The number of aromatic nitrogens is 2. The summed E-state index contributed by atoms with van der Waals surface area (Å²) in [5, 5.41) is 6.26. The molecule has 1 aliphatic heterocycles. The fourth-order valence-corrected chi connectivity index (χ4v) is 2.79. The van der Waals surface area contributed by atoms with E-state index in [4.69, 9.17) is 0 Å². The lowest BCUT2D eigenvalue weighted by molar-refractivity contribution is -0.123. The lowest BCUT2D eigenvalue weighted by Gasteiger charge is -2.22. The van der Waals surface area contributed by atoms with E-state index >= 15 is 0 Å². The number of hydrogen-bond acceptors (Lipinski definition) is 3. The second-order valence-electron chi connectivity index (χ2n) is 5.26. The van der Waals surface area contributed by atoms with Crippen LogP contribution in [0.15, 0.2) is 18.0 Å². The molecule has 1 aromatic heterocycles. The van der Waals surface area contributed by atoms with E-state index in [9.17, 15) is 4.79 Å². The van der Waals surface area contributed by atoms with Crippen LogP contribution in [-0.2, 0) is 17.8 Å². The van der Waals surface area contributed by atoms with Gasteiger partial charge in [-0.15, -0.1) is 0 Å². The topological polar surface area (TPSA) is 69.8 Å². The Labute approximate surface area is 112 Å². The van der Waals surface area contributed by atoms with Gasteiger partial charge in [-0.2, -0.15) is 0 Å². The SMILES string of the molecule is O=C(NCCC1=CCCC1)C1Cc2nc[nH]c2CN1. The minimum atomic E-state index is -0.145. The van der Waals surface area contributed by atoms with Gasteiger partial charge in [0.2, 0.25) is 5.91 Å². The zero-order chi connectivity index (χ0) is 13.1. The van der Waals surface area contributed by atoms with Crippen molar-refractivity contribution in [3.8, 4) is 0 Å². The van der Waals surface area contributed by atoms with E-state index in [1.165, 1.54) is 24.8 Å². The summed E-state index contributed by atoms with van der Waals surface area (Å²) in [6, 6.07) is -0.145. The van der Waals surface area contributed by atoms with E-state index in [-0.39, 0.29) is 11.9 Å². The summed E-state index contributed by atoms with van der Waals surface area (Å²) in [6.07, 6.45) is 9.35. The molecule has 5 heteroatoms. The molecule has 0 bridgehead atoms. The number of nitrogens with zero attached hydrogens (tertiary/aromatic N) is 1. The molecular formula is C14H20N4O. The molecule has 1 aromatic rings. The molecular weight excluding hydrogens is 240 g/mol. The Morgan fingerprint density at radius 2 is 2.47 bits per heavy atom. The van der Waals surface area contributed by atoms with Crippen LogP contribution in [0.4, 0.5) is 0 Å². The number of imidazole rings is 1. The molecule has 1 unspecified atom stereocenters. The van der Waals surface area contributed by atoms with Gasteiger partial charge < -0.3 is 10.3 Å². The van der Waals surface area contributed by atoms with Crippen molar-refractivity contribution in [3.05, 3.63) is 29.4 Å². The Morgan fingerprint density at radius 1 is 1.53 bits per heavy atom. The van der Waals surface area contributed by atoms with E-state index in [1.807, 2.05) is 0 Å². The third kappa shape index (κ3) is 2.87.